The van der Waals surface area contributed by atoms with E-state index >= 15 is 0 Å². The molecule has 8 heteroatoms. The lowest BCUT2D eigenvalue weighted by atomic mass is 9.93. The van der Waals surface area contributed by atoms with E-state index in [0.717, 1.165) is 55.4 Å². The van der Waals surface area contributed by atoms with Gasteiger partial charge in [-0.15, -0.1) is 0 Å². The molecule has 1 saturated heterocycles. The third-order valence-corrected chi connectivity index (χ3v) is 6.67. The predicted octanol–water partition coefficient (Wildman–Crippen LogP) is -0.116. The van der Waals surface area contributed by atoms with Crippen molar-refractivity contribution in [3.8, 4) is 0 Å². The molecule has 2 saturated carbocycles. The van der Waals surface area contributed by atoms with Crippen molar-refractivity contribution in [2.45, 2.75) is 37.5 Å². The molecular weight excluding hydrogens is 328 g/mol. The Morgan fingerprint density at radius 1 is 1.12 bits per heavy atom. The molecule has 2 aliphatic heterocycles. The maximum atomic E-state index is 6.22. The number of nitrogens with two attached hydrogens (primary N) is 2. The van der Waals surface area contributed by atoms with Crippen LogP contribution in [0.1, 0.15) is 31.2 Å². The lowest BCUT2D eigenvalue weighted by molar-refractivity contribution is 0.134. The number of rotatable bonds is 3. The van der Waals surface area contributed by atoms with Crippen LogP contribution in [0.2, 0.25) is 0 Å². The Balaban J connectivity index is 1.22. The highest BCUT2D eigenvalue weighted by molar-refractivity contribution is 5.79. The van der Waals surface area contributed by atoms with Crippen LogP contribution >= 0.6 is 0 Å². The highest BCUT2D eigenvalue weighted by Gasteiger charge is 2.42. The Morgan fingerprint density at radius 2 is 1.96 bits per heavy atom. The number of nitrogens with one attached hydrogen (secondary N) is 2. The van der Waals surface area contributed by atoms with Crippen LogP contribution in [0.15, 0.2) is 23.3 Å². The summed E-state index contributed by atoms with van der Waals surface area (Å²) in [4.78, 5) is 13.9. The van der Waals surface area contributed by atoms with Gasteiger partial charge in [0.15, 0.2) is 0 Å². The van der Waals surface area contributed by atoms with Gasteiger partial charge in [-0.3, -0.25) is 16.1 Å². The van der Waals surface area contributed by atoms with E-state index in [9.17, 15) is 0 Å². The number of aromatic nitrogens is 1. The van der Waals surface area contributed by atoms with Crippen LogP contribution in [0, 0.1) is 11.8 Å². The summed E-state index contributed by atoms with van der Waals surface area (Å²) in [7, 11) is 0. The summed E-state index contributed by atoms with van der Waals surface area (Å²) in [5.74, 6) is 2.22. The van der Waals surface area contributed by atoms with Gasteiger partial charge in [-0.2, -0.15) is 5.43 Å². The van der Waals surface area contributed by atoms with Gasteiger partial charge in [-0.1, -0.05) is 6.42 Å². The maximum Gasteiger partial charge on any atom is 0.210 e. The molecular formula is C18H28N8. The molecule has 0 aromatic carbocycles. The van der Waals surface area contributed by atoms with Gasteiger partial charge in [-0.25, -0.2) is 9.98 Å². The molecule has 26 heavy (non-hydrogen) atoms. The van der Waals surface area contributed by atoms with Crippen molar-refractivity contribution in [1.82, 2.24) is 20.7 Å². The Bertz CT molecular complexity index is 696. The molecule has 3 fully saturated rings. The number of piperazine rings is 1. The van der Waals surface area contributed by atoms with Gasteiger partial charge in [-0.05, 0) is 43.2 Å². The van der Waals surface area contributed by atoms with E-state index in [1.807, 2.05) is 12.1 Å². The first-order chi connectivity index (χ1) is 12.6. The number of hydrazine groups is 1. The molecule has 0 spiro atoms. The summed E-state index contributed by atoms with van der Waals surface area (Å²) >= 11 is 0. The number of guanidine groups is 1. The van der Waals surface area contributed by atoms with Crippen LogP contribution in [0.4, 0.5) is 5.82 Å². The Morgan fingerprint density at radius 3 is 2.54 bits per heavy atom. The standard InChI is InChI=1S/C18H28N8/c19-17-22-18(20,24-23-17)14-3-4-16(21-11-14)26-7-5-25(6-8-26)15-10-12-1-2-13(15)9-12/h3-4,11-13,15,24H,1-2,5-10,20H2,(H3,19,22,23)/t12-,13+,15+,18?/m1/s1. The molecule has 3 heterocycles. The van der Waals surface area contributed by atoms with E-state index in [0.29, 0.717) is 0 Å². The molecule has 4 aliphatic rings. The summed E-state index contributed by atoms with van der Waals surface area (Å²) in [6.45, 7) is 4.37. The summed E-state index contributed by atoms with van der Waals surface area (Å²) < 4.78 is 0. The van der Waals surface area contributed by atoms with Crippen molar-refractivity contribution < 1.29 is 0 Å². The quantitative estimate of drug-likeness (QED) is 0.598. The van der Waals surface area contributed by atoms with Crippen molar-refractivity contribution in [1.29, 1.82) is 0 Å². The van der Waals surface area contributed by atoms with Crippen molar-refractivity contribution in [3.63, 3.8) is 0 Å². The summed E-state index contributed by atoms with van der Waals surface area (Å²) in [5, 5.41) is 0. The molecule has 2 aliphatic carbocycles. The maximum absolute atomic E-state index is 6.22. The van der Waals surface area contributed by atoms with Gasteiger partial charge in [0.1, 0.15) is 5.82 Å². The first kappa shape index (κ1) is 16.3. The van der Waals surface area contributed by atoms with Gasteiger partial charge >= 0.3 is 0 Å². The fraction of sp³-hybridized carbons (Fsp3) is 0.667. The molecule has 4 atom stereocenters. The third kappa shape index (κ3) is 2.72. The lowest BCUT2D eigenvalue weighted by Crippen LogP contribution is -2.52. The molecule has 1 aromatic rings. The van der Waals surface area contributed by atoms with Gasteiger partial charge in [0.05, 0.1) is 0 Å². The molecule has 1 aromatic heterocycles. The smallest absolute Gasteiger partial charge is 0.210 e. The Labute approximate surface area is 154 Å². The largest absolute Gasteiger partial charge is 0.369 e. The number of nitrogens with zero attached hydrogens (tertiary/aromatic N) is 4. The molecule has 0 radical (unpaired) electrons. The molecule has 8 nitrogen and oxygen atoms in total. The summed E-state index contributed by atoms with van der Waals surface area (Å²) in [6, 6.07) is 4.84. The molecule has 1 unspecified atom stereocenters. The van der Waals surface area contributed by atoms with Gasteiger partial charge in [0.2, 0.25) is 11.7 Å². The average molecular weight is 356 g/mol. The number of anilines is 1. The van der Waals surface area contributed by atoms with Crippen LogP contribution in [-0.4, -0.2) is 48.1 Å². The van der Waals surface area contributed by atoms with E-state index in [1.54, 1.807) is 6.20 Å². The van der Waals surface area contributed by atoms with Crippen molar-refractivity contribution >= 4 is 11.8 Å². The minimum absolute atomic E-state index is 0.285. The van der Waals surface area contributed by atoms with Crippen molar-refractivity contribution in [2.24, 2.45) is 28.3 Å². The van der Waals surface area contributed by atoms with E-state index in [4.69, 9.17) is 11.5 Å². The van der Waals surface area contributed by atoms with Crippen molar-refractivity contribution in [2.75, 3.05) is 31.1 Å². The average Bonchev–Trinajstić information content (AvgIpc) is 3.38. The number of aliphatic imine (C=N–C) groups is 1. The molecule has 0 amide bonds. The third-order valence-electron chi connectivity index (χ3n) is 6.67. The Kier molecular flexibility index (Phi) is 3.80. The zero-order valence-corrected chi connectivity index (χ0v) is 15.1. The fourth-order valence-electron chi connectivity index (χ4n) is 5.28. The van der Waals surface area contributed by atoms with Gasteiger partial charge in [0.25, 0.3) is 0 Å². The lowest BCUT2D eigenvalue weighted by Gasteiger charge is -2.41. The topological polar surface area (TPSA) is 108 Å². The second-order valence-electron chi connectivity index (χ2n) is 8.18. The zero-order valence-electron chi connectivity index (χ0n) is 15.1. The summed E-state index contributed by atoms with van der Waals surface area (Å²) in [6.07, 6.45) is 7.62. The predicted molar refractivity (Wildman–Crippen MR) is 101 cm³/mol. The van der Waals surface area contributed by atoms with Crippen LogP contribution in [0.5, 0.6) is 0 Å². The molecule has 6 N–H and O–H groups in total. The number of hydrogen-bond donors (Lipinski definition) is 4. The number of hydrogen-bond acceptors (Lipinski definition) is 8. The monoisotopic (exact) mass is 356 g/mol. The van der Waals surface area contributed by atoms with E-state index in [2.05, 4.69) is 30.6 Å². The van der Waals surface area contributed by atoms with Crippen LogP contribution < -0.4 is 27.2 Å². The molecule has 2 bridgehead atoms. The highest BCUT2D eigenvalue weighted by atomic mass is 15.6. The van der Waals surface area contributed by atoms with Crippen LogP contribution in [0.3, 0.4) is 0 Å². The minimum atomic E-state index is -1.05. The second kappa shape index (κ2) is 6.07. The molecule has 5 rings (SSSR count). The summed E-state index contributed by atoms with van der Waals surface area (Å²) in [5.41, 5.74) is 18.3. The van der Waals surface area contributed by atoms with Crippen molar-refractivity contribution in [3.05, 3.63) is 23.9 Å². The van der Waals surface area contributed by atoms with E-state index in [1.165, 1.54) is 25.7 Å². The SMILES string of the molecule is NC1=NC(N)(c2ccc(N3CCN([C@H]4C[C@@H]5CC[C@H]4C5)CC3)nc2)NN1. The highest BCUT2D eigenvalue weighted by Crippen LogP contribution is 2.46. The molecule has 140 valence electrons. The fourth-order valence-corrected chi connectivity index (χ4v) is 5.28. The van der Waals surface area contributed by atoms with Gasteiger partial charge in [0, 0.05) is 44.0 Å². The van der Waals surface area contributed by atoms with Crippen LogP contribution in [0.25, 0.3) is 0 Å². The number of fused-ring (bicyclic) bond motifs is 2. The van der Waals surface area contributed by atoms with Crippen LogP contribution in [-0.2, 0) is 5.79 Å². The van der Waals surface area contributed by atoms with E-state index in [-0.39, 0.29) is 5.96 Å². The number of pyridine rings is 1. The Hall–Kier alpha value is -1.90. The zero-order chi connectivity index (χ0) is 17.7. The first-order valence-electron chi connectivity index (χ1n) is 9.74. The van der Waals surface area contributed by atoms with Gasteiger partial charge < -0.3 is 10.6 Å². The first-order valence-corrected chi connectivity index (χ1v) is 9.74. The minimum Gasteiger partial charge on any atom is -0.369 e. The van der Waals surface area contributed by atoms with E-state index < -0.39 is 5.79 Å². The normalized spacial score (nSPS) is 37.0. The second-order valence-corrected chi connectivity index (χ2v) is 8.18.